The molecule has 1 aliphatic heterocycles. The zero-order chi connectivity index (χ0) is 11.7. The second-order valence-electron chi connectivity index (χ2n) is 3.47. The van der Waals surface area contributed by atoms with Gasteiger partial charge < -0.3 is 14.5 Å². The summed E-state index contributed by atoms with van der Waals surface area (Å²) in [6.07, 6.45) is 1.44. The van der Waals surface area contributed by atoms with Gasteiger partial charge in [0.1, 0.15) is 6.04 Å². The average Bonchev–Trinajstić information content (AvgIpc) is 2.84. The molecule has 1 N–H and O–H groups in total. The lowest BCUT2D eigenvalue weighted by atomic mass is 10.2. The van der Waals surface area contributed by atoms with E-state index in [0.29, 0.717) is 17.2 Å². The molecule has 7 heteroatoms. The largest absolute Gasteiger partial charge is 0.480 e. The molecule has 0 spiro atoms. The summed E-state index contributed by atoms with van der Waals surface area (Å²) in [4.78, 5) is 24.2. The number of carboxylic acids is 1. The molecule has 0 bridgehead atoms. The summed E-state index contributed by atoms with van der Waals surface area (Å²) < 4.78 is 4.82. The number of amides is 1. The van der Waals surface area contributed by atoms with Gasteiger partial charge in [-0.1, -0.05) is 5.16 Å². The second-order valence-corrected chi connectivity index (χ2v) is 4.47. The van der Waals surface area contributed by atoms with Crippen LogP contribution in [0.1, 0.15) is 16.1 Å². The second kappa shape index (κ2) is 4.17. The zero-order valence-electron chi connectivity index (χ0n) is 8.54. The highest BCUT2D eigenvalue weighted by molar-refractivity contribution is 7.99. The highest BCUT2D eigenvalue weighted by Crippen LogP contribution is 2.24. The maximum absolute atomic E-state index is 12.0. The number of carbonyl (C=O) groups is 2. The maximum Gasteiger partial charge on any atom is 0.327 e. The molecule has 0 aliphatic carbocycles. The smallest absolute Gasteiger partial charge is 0.327 e. The van der Waals surface area contributed by atoms with Crippen molar-refractivity contribution in [1.29, 1.82) is 0 Å². The van der Waals surface area contributed by atoms with Crippen molar-refractivity contribution in [1.82, 2.24) is 10.1 Å². The fourth-order valence-electron chi connectivity index (χ4n) is 1.47. The van der Waals surface area contributed by atoms with Gasteiger partial charge >= 0.3 is 5.97 Å². The first-order chi connectivity index (χ1) is 7.61. The summed E-state index contributed by atoms with van der Waals surface area (Å²) in [5.41, 5.74) is 0.617. The topological polar surface area (TPSA) is 83.6 Å². The first-order valence-electron chi connectivity index (χ1n) is 4.64. The zero-order valence-corrected chi connectivity index (χ0v) is 9.36. The Kier molecular flexibility index (Phi) is 2.86. The number of aromatic nitrogens is 1. The van der Waals surface area contributed by atoms with Crippen molar-refractivity contribution in [3.8, 4) is 0 Å². The van der Waals surface area contributed by atoms with Crippen molar-refractivity contribution in [3.63, 3.8) is 0 Å². The maximum atomic E-state index is 12.0. The lowest BCUT2D eigenvalue weighted by Crippen LogP contribution is -2.41. The van der Waals surface area contributed by atoms with Gasteiger partial charge in [0.15, 0.2) is 0 Å². The molecule has 2 rings (SSSR count). The van der Waals surface area contributed by atoms with Gasteiger partial charge in [-0.05, 0) is 6.92 Å². The van der Waals surface area contributed by atoms with E-state index in [0.717, 1.165) is 0 Å². The molecule has 0 radical (unpaired) electrons. The fourth-order valence-corrected chi connectivity index (χ4v) is 2.62. The van der Waals surface area contributed by atoms with Crippen LogP contribution in [0.15, 0.2) is 10.7 Å². The summed E-state index contributed by atoms with van der Waals surface area (Å²) in [5, 5.41) is 12.5. The first kappa shape index (κ1) is 11.0. The molecule has 2 heterocycles. The van der Waals surface area contributed by atoms with E-state index in [1.807, 2.05) is 0 Å². The molecule has 1 amide bonds. The van der Waals surface area contributed by atoms with Crippen molar-refractivity contribution >= 4 is 23.6 Å². The van der Waals surface area contributed by atoms with Crippen LogP contribution < -0.4 is 0 Å². The number of rotatable bonds is 2. The van der Waals surface area contributed by atoms with E-state index in [2.05, 4.69) is 5.16 Å². The number of aryl methyl sites for hydroxylation is 1. The third kappa shape index (κ3) is 1.78. The number of carboxylic acid groups (broad SMARTS) is 1. The molecule has 1 atom stereocenters. The Balaban J connectivity index is 2.22. The number of aliphatic carboxylic acids is 1. The molecule has 1 saturated heterocycles. The van der Waals surface area contributed by atoms with Crippen LogP contribution in [0.5, 0.6) is 0 Å². The third-order valence-corrected chi connectivity index (χ3v) is 3.38. The van der Waals surface area contributed by atoms with Crippen LogP contribution in [0.4, 0.5) is 0 Å². The van der Waals surface area contributed by atoms with Crippen molar-refractivity contribution in [2.75, 3.05) is 11.6 Å². The first-order valence-corrected chi connectivity index (χ1v) is 5.79. The van der Waals surface area contributed by atoms with E-state index in [1.54, 1.807) is 6.92 Å². The summed E-state index contributed by atoms with van der Waals surface area (Å²) >= 11 is 1.41. The highest BCUT2D eigenvalue weighted by Gasteiger charge is 2.36. The molecular weight excluding hydrogens is 232 g/mol. The fraction of sp³-hybridized carbons (Fsp3) is 0.444. The summed E-state index contributed by atoms with van der Waals surface area (Å²) in [5.74, 6) is -0.499. The molecule has 0 saturated carbocycles. The summed E-state index contributed by atoms with van der Waals surface area (Å²) in [6.45, 7) is 1.70. The normalized spacial score (nSPS) is 20.1. The van der Waals surface area contributed by atoms with E-state index < -0.39 is 17.9 Å². The molecule has 1 aromatic rings. The van der Waals surface area contributed by atoms with E-state index >= 15 is 0 Å². The number of hydrogen-bond acceptors (Lipinski definition) is 5. The van der Waals surface area contributed by atoms with Gasteiger partial charge in [-0.15, -0.1) is 11.8 Å². The predicted octanol–water partition coefficient (Wildman–Crippen LogP) is 0.583. The molecular formula is C9H10N2O4S. The minimum atomic E-state index is -0.990. The quantitative estimate of drug-likeness (QED) is 0.816. The summed E-state index contributed by atoms with van der Waals surface area (Å²) in [7, 11) is 0. The van der Waals surface area contributed by atoms with Crippen molar-refractivity contribution in [2.45, 2.75) is 13.0 Å². The SMILES string of the molecule is Cc1cnoc1C(=O)N1CSC[C@H]1C(=O)O. The molecule has 6 nitrogen and oxygen atoms in total. The van der Waals surface area contributed by atoms with Crippen LogP contribution in [0.25, 0.3) is 0 Å². The van der Waals surface area contributed by atoms with Gasteiger partial charge in [-0.2, -0.15) is 0 Å². The van der Waals surface area contributed by atoms with Crippen molar-refractivity contribution in [2.24, 2.45) is 0 Å². The van der Waals surface area contributed by atoms with Crippen LogP contribution in [-0.2, 0) is 4.79 Å². The molecule has 0 aromatic carbocycles. The van der Waals surface area contributed by atoms with Gasteiger partial charge in [0, 0.05) is 11.3 Å². The summed E-state index contributed by atoms with van der Waals surface area (Å²) in [6, 6.07) is -0.776. The Morgan fingerprint density at radius 2 is 2.44 bits per heavy atom. The molecule has 86 valence electrons. The Morgan fingerprint density at radius 1 is 1.69 bits per heavy atom. The Labute approximate surface area is 95.6 Å². The number of nitrogens with zero attached hydrogens (tertiary/aromatic N) is 2. The average molecular weight is 242 g/mol. The number of hydrogen-bond donors (Lipinski definition) is 1. The third-order valence-electron chi connectivity index (χ3n) is 2.37. The Bertz CT molecular complexity index is 431. The van der Waals surface area contributed by atoms with E-state index in [-0.39, 0.29) is 5.76 Å². The minimum absolute atomic E-state index is 0.119. The molecule has 1 aliphatic rings. The Morgan fingerprint density at radius 3 is 3.00 bits per heavy atom. The predicted molar refractivity (Wildman–Crippen MR) is 56.2 cm³/mol. The van der Waals surface area contributed by atoms with Gasteiger partial charge in [-0.25, -0.2) is 4.79 Å². The number of carbonyl (C=O) groups excluding carboxylic acids is 1. The molecule has 16 heavy (non-hydrogen) atoms. The van der Waals surface area contributed by atoms with Gasteiger partial charge in [0.2, 0.25) is 5.76 Å². The molecule has 1 fully saturated rings. The van der Waals surface area contributed by atoms with Gasteiger partial charge in [0.25, 0.3) is 5.91 Å². The van der Waals surface area contributed by atoms with Crippen LogP contribution in [0.3, 0.4) is 0 Å². The molecule has 1 aromatic heterocycles. The van der Waals surface area contributed by atoms with E-state index in [4.69, 9.17) is 9.63 Å². The number of thioether (sulfide) groups is 1. The lowest BCUT2D eigenvalue weighted by molar-refractivity contribution is -0.140. The molecule has 0 unspecified atom stereocenters. The van der Waals surface area contributed by atoms with E-state index in [9.17, 15) is 9.59 Å². The minimum Gasteiger partial charge on any atom is -0.480 e. The highest BCUT2D eigenvalue weighted by atomic mass is 32.2. The van der Waals surface area contributed by atoms with Crippen LogP contribution >= 0.6 is 11.8 Å². The van der Waals surface area contributed by atoms with Crippen LogP contribution in [0, 0.1) is 6.92 Å². The van der Waals surface area contributed by atoms with Crippen LogP contribution in [0.2, 0.25) is 0 Å². The lowest BCUT2D eigenvalue weighted by Gasteiger charge is -2.18. The monoisotopic (exact) mass is 242 g/mol. The van der Waals surface area contributed by atoms with Gasteiger partial charge in [-0.3, -0.25) is 4.79 Å². The van der Waals surface area contributed by atoms with Crippen LogP contribution in [-0.4, -0.2) is 44.7 Å². The Hall–Kier alpha value is -1.50. The van der Waals surface area contributed by atoms with Crippen molar-refractivity contribution in [3.05, 3.63) is 17.5 Å². The van der Waals surface area contributed by atoms with Gasteiger partial charge in [0.05, 0.1) is 12.1 Å². The van der Waals surface area contributed by atoms with E-state index in [1.165, 1.54) is 22.9 Å². The van der Waals surface area contributed by atoms with Crippen molar-refractivity contribution < 1.29 is 19.2 Å². The standard InChI is InChI=1S/C9H10N2O4S/c1-5-2-10-15-7(5)8(12)11-4-16-3-6(11)9(13)14/h2,6H,3-4H2,1H3,(H,13,14)/t6-/m0/s1.